The summed E-state index contributed by atoms with van der Waals surface area (Å²) in [6, 6.07) is 22.5. The zero-order chi connectivity index (χ0) is 33.3. The van der Waals surface area contributed by atoms with Gasteiger partial charge in [0.1, 0.15) is 28.8 Å². The number of carbonyl (C=O) groups is 3. The highest BCUT2D eigenvalue weighted by molar-refractivity contribution is 7.52. The molecular weight excluding hydrogens is 627 g/mol. The number of unbranched alkanes of at least 4 members (excludes halogenated alkanes) is 1. The van der Waals surface area contributed by atoms with Gasteiger partial charge >= 0.3 is 13.6 Å². The standard InChI is InChI=1S/C34H31N2O10P/c37-22-11-14-26-28(18-22)45-29-19-23(38)12-15-27(29)34(26)25-13-10-21(17-24(25)33(41)46-34)35-30(39)8-4-5-9-31(40)36-32(47(42,43)44)16-20-6-2-1-3-7-20/h1-3,6-7,10-15,17-19,32,37-38H,4-5,8-9,16H2,(H,35,39)(H,36,40)(H2,42,43,44). The van der Waals surface area contributed by atoms with Gasteiger partial charge in [0, 0.05) is 53.8 Å². The Kier molecular flexibility index (Phi) is 8.50. The Morgan fingerprint density at radius 1 is 0.787 bits per heavy atom. The van der Waals surface area contributed by atoms with Crippen LogP contribution in [0.15, 0.2) is 84.9 Å². The fraction of sp³-hybridized carbons (Fsp3) is 0.206. The van der Waals surface area contributed by atoms with E-state index in [2.05, 4.69) is 10.6 Å². The second-order valence-electron chi connectivity index (χ2n) is 11.4. The van der Waals surface area contributed by atoms with Crippen molar-refractivity contribution in [1.29, 1.82) is 0 Å². The number of rotatable bonds is 10. The van der Waals surface area contributed by atoms with Gasteiger partial charge in [0.05, 0.1) is 5.56 Å². The van der Waals surface area contributed by atoms with E-state index in [0.29, 0.717) is 40.8 Å². The van der Waals surface area contributed by atoms with E-state index < -0.39 is 30.9 Å². The quantitative estimate of drug-likeness (QED) is 0.0765. The summed E-state index contributed by atoms with van der Waals surface area (Å²) < 4.78 is 23.9. The molecule has 0 bridgehead atoms. The van der Waals surface area contributed by atoms with Gasteiger partial charge < -0.3 is 40.1 Å². The molecule has 4 aromatic carbocycles. The first-order valence-corrected chi connectivity index (χ1v) is 16.5. The minimum atomic E-state index is -4.60. The monoisotopic (exact) mass is 658 g/mol. The van der Waals surface area contributed by atoms with Gasteiger partial charge in [-0.25, -0.2) is 4.79 Å². The van der Waals surface area contributed by atoms with Crippen molar-refractivity contribution < 1.29 is 48.4 Å². The lowest BCUT2D eigenvalue weighted by Crippen LogP contribution is -2.36. The van der Waals surface area contributed by atoms with E-state index in [1.165, 1.54) is 30.3 Å². The fourth-order valence-corrected chi connectivity index (χ4v) is 6.69. The summed E-state index contributed by atoms with van der Waals surface area (Å²) in [7, 11) is -4.60. The highest BCUT2D eigenvalue weighted by Gasteiger charge is 2.53. The second kappa shape index (κ2) is 12.6. The number of hydrogen-bond acceptors (Lipinski definition) is 8. The van der Waals surface area contributed by atoms with Crippen LogP contribution in [0.3, 0.4) is 0 Å². The van der Waals surface area contributed by atoms with Crippen LogP contribution in [0.2, 0.25) is 0 Å². The van der Waals surface area contributed by atoms with Gasteiger partial charge in [-0.1, -0.05) is 36.4 Å². The molecule has 47 heavy (non-hydrogen) atoms. The Morgan fingerprint density at radius 2 is 1.38 bits per heavy atom. The van der Waals surface area contributed by atoms with Gasteiger partial charge in [-0.05, 0) is 54.8 Å². The Morgan fingerprint density at radius 3 is 2.00 bits per heavy atom. The van der Waals surface area contributed by atoms with Gasteiger partial charge in [0.15, 0.2) is 5.60 Å². The number of amides is 2. The summed E-state index contributed by atoms with van der Waals surface area (Å²) in [5, 5.41) is 25.4. The van der Waals surface area contributed by atoms with Crippen molar-refractivity contribution in [2.75, 3.05) is 5.32 Å². The Balaban J connectivity index is 1.10. The van der Waals surface area contributed by atoms with Crippen molar-refractivity contribution in [3.8, 4) is 23.0 Å². The molecule has 0 aliphatic carbocycles. The second-order valence-corrected chi connectivity index (χ2v) is 13.2. The number of esters is 1. The van der Waals surface area contributed by atoms with Crippen LogP contribution in [0, 0.1) is 0 Å². The molecule has 0 fully saturated rings. The summed E-state index contributed by atoms with van der Waals surface area (Å²) in [6.07, 6.45) is 0.670. The molecule has 1 atom stereocenters. The van der Waals surface area contributed by atoms with Gasteiger partial charge in [-0.15, -0.1) is 0 Å². The fourth-order valence-electron chi connectivity index (χ4n) is 5.93. The van der Waals surface area contributed by atoms with Crippen molar-refractivity contribution in [1.82, 2.24) is 5.32 Å². The molecule has 1 spiro atoms. The van der Waals surface area contributed by atoms with E-state index in [0.717, 1.165) is 0 Å². The molecule has 2 heterocycles. The molecule has 2 aliphatic rings. The third-order valence-electron chi connectivity index (χ3n) is 8.12. The maximum Gasteiger partial charge on any atom is 0.347 e. The predicted molar refractivity (Wildman–Crippen MR) is 169 cm³/mol. The Labute approximate surface area is 269 Å². The summed E-state index contributed by atoms with van der Waals surface area (Å²) in [4.78, 5) is 57.9. The van der Waals surface area contributed by atoms with Gasteiger partial charge in [0.2, 0.25) is 11.8 Å². The van der Waals surface area contributed by atoms with E-state index >= 15 is 0 Å². The maximum atomic E-state index is 13.3. The van der Waals surface area contributed by atoms with Crippen molar-refractivity contribution >= 4 is 31.1 Å². The molecule has 6 rings (SSSR count). The molecule has 1 unspecified atom stereocenters. The van der Waals surface area contributed by atoms with Gasteiger partial charge in [-0.3, -0.25) is 14.2 Å². The minimum Gasteiger partial charge on any atom is -0.508 e. The van der Waals surface area contributed by atoms with Crippen molar-refractivity contribution in [2.24, 2.45) is 0 Å². The summed E-state index contributed by atoms with van der Waals surface area (Å²) in [5.41, 5.74) is 1.29. The van der Waals surface area contributed by atoms with E-state index in [9.17, 15) is 38.9 Å². The molecule has 0 aromatic heterocycles. The molecule has 0 saturated carbocycles. The van der Waals surface area contributed by atoms with Crippen LogP contribution in [0.4, 0.5) is 5.69 Å². The van der Waals surface area contributed by atoms with Crippen molar-refractivity contribution in [3.63, 3.8) is 0 Å². The minimum absolute atomic E-state index is 0.0192. The first-order chi connectivity index (χ1) is 22.4. The number of ether oxygens (including phenoxy) is 2. The molecular formula is C34H31N2O10P. The zero-order valence-electron chi connectivity index (χ0n) is 24.9. The number of phenolic OH excluding ortho intramolecular Hbond substituents is 2. The van der Waals surface area contributed by atoms with Crippen LogP contribution in [0.25, 0.3) is 0 Å². The topological polar surface area (TPSA) is 192 Å². The number of phenols is 2. The molecule has 6 N–H and O–H groups in total. The Bertz CT molecular complexity index is 1870. The van der Waals surface area contributed by atoms with Gasteiger partial charge in [-0.2, -0.15) is 0 Å². The average Bonchev–Trinajstić information content (AvgIpc) is 3.30. The van der Waals surface area contributed by atoms with Crippen LogP contribution < -0.4 is 15.4 Å². The Hall–Kier alpha value is -5.16. The summed E-state index contributed by atoms with van der Waals surface area (Å²) in [5.74, 6) is -2.47. The smallest absolute Gasteiger partial charge is 0.347 e. The average molecular weight is 659 g/mol. The van der Waals surface area contributed by atoms with E-state index in [1.807, 2.05) is 0 Å². The first-order valence-electron chi connectivity index (χ1n) is 14.8. The van der Waals surface area contributed by atoms with Crippen LogP contribution in [-0.2, 0) is 30.9 Å². The highest BCUT2D eigenvalue weighted by atomic mass is 31.2. The zero-order valence-corrected chi connectivity index (χ0v) is 25.8. The number of carbonyl (C=O) groups excluding carboxylic acids is 3. The van der Waals surface area contributed by atoms with Crippen LogP contribution in [-0.4, -0.2) is 43.6 Å². The van der Waals surface area contributed by atoms with E-state index in [4.69, 9.17) is 9.47 Å². The SMILES string of the molecule is O=C(CCCCC(=O)NC(Cc1ccccc1)P(=O)(O)O)Nc1ccc2c(c1)C(=O)OC21c2ccc(O)cc2Oc2cc(O)ccc21. The maximum absolute atomic E-state index is 13.3. The molecule has 2 aliphatic heterocycles. The summed E-state index contributed by atoms with van der Waals surface area (Å²) >= 11 is 0. The molecule has 242 valence electrons. The lowest BCUT2D eigenvalue weighted by Gasteiger charge is -2.36. The van der Waals surface area contributed by atoms with Crippen molar-refractivity contribution in [3.05, 3.63) is 113 Å². The first kappa shape index (κ1) is 31.8. The van der Waals surface area contributed by atoms with Crippen LogP contribution >= 0.6 is 7.60 Å². The lowest BCUT2D eigenvalue weighted by molar-refractivity contribution is -0.122. The molecule has 4 aromatic rings. The van der Waals surface area contributed by atoms with Crippen LogP contribution in [0.5, 0.6) is 23.0 Å². The normalized spacial score (nSPS) is 14.6. The van der Waals surface area contributed by atoms with E-state index in [1.54, 1.807) is 54.6 Å². The summed E-state index contributed by atoms with van der Waals surface area (Å²) in [6.45, 7) is 0. The molecule has 0 radical (unpaired) electrons. The predicted octanol–water partition coefficient (Wildman–Crippen LogP) is 5.03. The number of hydrogen-bond donors (Lipinski definition) is 6. The number of benzene rings is 4. The lowest BCUT2D eigenvalue weighted by atomic mass is 9.77. The molecule has 2 amide bonds. The van der Waals surface area contributed by atoms with Crippen LogP contribution in [0.1, 0.15) is 58.3 Å². The third-order valence-corrected chi connectivity index (χ3v) is 9.24. The molecule has 13 heteroatoms. The van der Waals surface area contributed by atoms with E-state index in [-0.39, 0.29) is 53.7 Å². The molecule has 12 nitrogen and oxygen atoms in total. The number of aromatic hydroxyl groups is 2. The number of nitrogens with one attached hydrogen (secondary N) is 2. The highest BCUT2D eigenvalue weighted by Crippen LogP contribution is 2.57. The number of anilines is 1. The third kappa shape index (κ3) is 6.44. The van der Waals surface area contributed by atoms with Crippen molar-refractivity contribution in [2.45, 2.75) is 43.5 Å². The number of fused-ring (bicyclic) bond motifs is 6. The molecule has 0 saturated heterocycles. The van der Waals surface area contributed by atoms with Gasteiger partial charge in [0.25, 0.3) is 0 Å². The largest absolute Gasteiger partial charge is 0.508 e.